The highest BCUT2D eigenvalue weighted by atomic mass is 28.4. The van der Waals surface area contributed by atoms with E-state index in [4.69, 9.17) is 13.9 Å². The van der Waals surface area contributed by atoms with E-state index in [-0.39, 0.29) is 16.8 Å². The molecule has 1 aromatic carbocycles. The van der Waals surface area contributed by atoms with Crippen molar-refractivity contribution in [2.75, 3.05) is 13.7 Å². The van der Waals surface area contributed by atoms with Crippen LogP contribution in [0.25, 0.3) is 0 Å². The van der Waals surface area contributed by atoms with Crippen LogP contribution in [-0.2, 0) is 18.7 Å². The van der Waals surface area contributed by atoms with Gasteiger partial charge < -0.3 is 13.9 Å². The minimum atomic E-state index is -1.85. The van der Waals surface area contributed by atoms with E-state index < -0.39 is 25.3 Å². The molecule has 7 nitrogen and oxygen atoms in total. The number of benzene rings is 1. The Balaban J connectivity index is 2.85. The maximum Gasteiger partial charge on any atom is 0.303 e. The minimum absolute atomic E-state index is 0.0371. The number of hydrogen-bond donors (Lipinski definition) is 0. The summed E-state index contributed by atoms with van der Waals surface area (Å²) in [6, 6.07) is 6.16. The lowest BCUT2D eigenvalue weighted by atomic mass is 10.0. The van der Waals surface area contributed by atoms with Crippen molar-refractivity contribution in [1.82, 2.24) is 0 Å². The first-order chi connectivity index (χ1) is 12.9. The average molecular weight is 412 g/mol. The summed E-state index contributed by atoms with van der Waals surface area (Å²) in [5.41, 5.74) is 0.543. The largest absolute Gasteiger partial charge is 0.458 e. The van der Waals surface area contributed by atoms with Crippen molar-refractivity contribution < 1.29 is 23.6 Å². The summed E-state index contributed by atoms with van der Waals surface area (Å²) in [7, 11) is -0.244. The SMILES string of the molecule is COC(CCO[Si](C)(C)C(C)(C)C)CC(OC(C)=O)c1cccc([N+](=O)[O-])c1. The highest BCUT2D eigenvalue weighted by Gasteiger charge is 2.37. The molecule has 8 heteroatoms. The van der Waals surface area contributed by atoms with Gasteiger partial charge in [0.05, 0.1) is 11.0 Å². The molecule has 0 aliphatic rings. The number of nitro groups is 1. The van der Waals surface area contributed by atoms with Crippen molar-refractivity contribution in [2.24, 2.45) is 0 Å². The zero-order chi connectivity index (χ0) is 21.5. The van der Waals surface area contributed by atoms with Gasteiger partial charge in [-0.25, -0.2) is 0 Å². The Bertz CT molecular complexity index is 671. The van der Waals surface area contributed by atoms with Gasteiger partial charge in [-0.15, -0.1) is 0 Å². The standard InChI is InChI=1S/C20H33NO6Si/c1-15(22)27-19(16-9-8-10-17(13-16)21(23)24)14-18(25-5)11-12-26-28(6,7)20(2,3)4/h8-10,13,18-19H,11-12,14H2,1-7H3. The maximum absolute atomic E-state index is 11.6. The highest BCUT2D eigenvalue weighted by Crippen LogP contribution is 2.37. The van der Waals surface area contributed by atoms with Crippen LogP contribution in [0.4, 0.5) is 5.69 Å². The Labute approximate surface area is 168 Å². The summed E-state index contributed by atoms with van der Waals surface area (Å²) in [5.74, 6) is -0.441. The number of hydrogen-bond acceptors (Lipinski definition) is 6. The quantitative estimate of drug-likeness (QED) is 0.233. The molecule has 0 heterocycles. The molecule has 0 N–H and O–H groups in total. The average Bonchev–Trinajstić information content (AvgIpc) is 2.58. The van der Waals surface area contributed by atoms with Gasteiger partial charge in [-0.3, -0.25) is 14.9 Å². The molecule has 0 aliphatic carbocycles. The first kappa shape index (κ1) is 24.3. The molecule has 0 aromatic heterocycles. The summed E-state index contributed by atoms with van der Waals surface area (Å²) in [5, 5.41) is 11.2. The number of carbonyl (C=O) groups is 1. The molecule has 0 amide bonds. The van der Waals surface area contributed by atoms with Gasteiger partial charge in [-0.05, 0) is 30.1 Å². The number of nitrogens with zero attached hydrogens (tertiary/aromatic N) is 1. The first-order valence-electron chi connectivity index (χ1n) is 9.45. The molecule has 1 aromatic rings. The van der Waals surface area contributed by atoms with Crippen molar-refractivity contribution in [1.29, 1.82) is 0 Å². The van der Waals surface area contributed by atoms with Crippen LogP contribution in [0.15, 0.2) is 24.3 Å². The van der Waals surface area contributed by atoms with Crippen molar-refractivity contribution >= 4 is 20.0 Å². The molecule has 0 saturated carbocycles. The predicted molar refractivity (Wildman–Crippen MR) is 111 cm³/mol. The van der Waals surface area contributed by atoms with E-state index in [0.29, 0.717) is 25.0 Å². The molecule has 0 fully saturated rings. The predicted octanol–water partition coefficient (Wildman–Crippen LogP) is 5.02. The van der Waals surface area contributed by atoms with Gasteiger partial charge in [0.1, 0.15) is 6.10 Å². The molecule has 1 rings (SSSR count). The van der Waals surface area contributed by atoms with E-state index in [1.54, 1.807) is 19.2 Å². The summed E-state index contributed by atoms with van der Waals surface area (Å²) < 4.78 is 17.2. The Morgan fingerprint density at radius 1 is 1.29 bits per heavy atom. The summed E-state index contributed by atoms with van der Waals surface area (Å²) in [6.07, 6.45) is 0.233. The number of ether oxygens (including phenoxy) is 2. The summed E-state index contributed by atoms with van der Waals surface area (Å²) in [6.45, 7) is 12.8. The number of esters is 1. The Morgan fingerprint density at radius 3 is 2.43 bits per heavy atom. The second-order valence-electron chi connectivity index (χ2n) is 8.44. The maximum atomic E-state index is 11.6. The fourth-order valence-electron chi connectivity index (χ4n) is 2.52. The van der Waals surface area contributed by atoms with Crippen molar-refractivity contribution in [2.45, 2.75) is 70.9 Å². The second-order valence-corrected chi connectivity index (χ2v) is 13.3. The number of rotatable bonds is 10. The Hall–Kier alpha value is -1.77. The molecular formula is C20H33NO6Si. The van der Waals surface area contributed by atoms with Gasteiger partial charge >= 0.3 is 5.97 Å². The van der Waals surface area contributed by atoms with Crippen LogP contribution in [0, 0.1) is 10.1 Å². The Morgan fingerprint density at radius 2 is 1.93 bits per heavy atom. The van der Waals surface area contributed by atoms with Gasteiger partial charge in [0, 0.05) is 39.2 Å². The number of non-ortho nitro benzene ring substituents is 1. The third-order valence-electron chi connectivity index (χ3n) is 5.28. The molecule has 2 atom stereocenters. The molecule has 0 radical (unpaired) electrons. The third-order valence-corrected chi connectivity index (χ3v) is 9.82. The molecule has 0 saturated heterocycles. The van der Waals surface area contributed by atoms with Crippen LogP contribution in [-0.4, -0.2) is 39.0 Å². The van der Waals surface area contributed by atoms with Gasteiger partial charge in [0.2, 0.25) is 0 Å². The smallest absolute Gasteiger partial charge is 0.303 e. The number of methoxy groups -OCH3 is 1. The van der Waals surface area contributed by atoms with Crippen molar-refractivity contribution in [3.05, 3.63) is 39.9 Å². The van der Waals surface area contributed by atoms with Crippen LogP contribution in [0.1, 0.15) is 52.2 Å². The fraction of sp³-hybridized carbons (Fsp3) is 0.650. The molecule has 0 spiro atoms. The molecule has 0 aliphatic heterocycles. The van der Waals surface area contributed by atoms with E-state index in [0.717, 1.165) is 0 Å². The second kappa shape index (κ2) is 10.1. The molecule has 28 heavy (non-hydrogen) atoms. The lowest BCUT2D eigenvalue weighted by Crippen LogP contribution is -2.41. The number of carbonyl (C=O) groups excluding carboxylic acids is 1. The van der Waals surface area contributed by atoms with E-state index in [1.165, 1.54) is 19.1 Å². The topological polar surface area (TPSA) is 87.9 Å². The van der Waals surface area contributed by atoms with Gasteiger partial charge in [0.25, 0.3) is 5.69 Å². The van der Waals surface area contributed by atoms with Crippen LogP contribution in [0.3, 0.4) is 0 Å². The lowest BCUT2D eigenvalue weighted by molar-refractivity contribution is -0.385. The van der Waals surface area contributed by atoms with Crippen LogP contribution in [0.5, 0.6) is 0 Å². The fourth-order valence-corrected chi connectivity index (χ4v) is 3.59. The minimum Gasteiger partial charge on any atom is -0.458 e. The van der Waals surface area contributed by atoms with Crippen molar-refractivity contribution in [3.63, 3.8) is 0 Å². The third kappa shape index (κ3) is 7.33. The van der Waals surface area contributed by atoms with Crippen LogP contribution < -0.4 is 0 Å². The van der Waals surface area contributed by atoms with Gasteiger partial charge in [-0.2, -0.15) is 0 Å². The molecule has 2 unspecified atom stereocenters. The highest BCUT2D eigenvalue weighted by molar-refractivity contribution is 6.74. The zero-order valence-corrected chi connectivity index (χ0v) is 19.0. The Kier molecular flexibility index (Phi) is 8.78. The zero-order valence-electron chi connectivity index (χ0n) is 18.0. The molecule has 0 bridgehead atoms. The van der Waals surface area contributed by atoms with Crippen LogP contribution in [0.2, 0.25) is 18.1 Å². The number of nitro benzene ring substituents is 1. The van der Waals surface area contributed by atoms with Gasteiger partial charge in [0.15, 0.2) is 8.32 Å². The van der Waals surface area contributed by atoms with E-state index in [1.807, 2.05) is 0 Å². The molecule has 158 valence electrons. The van der Waals surface area contributed by atoms with Crippen LogP contribution >= 0.6 is 0 Å². The lowest BCUT2D eigenvalue weighted by Gasteiger charge is -2.36. The van der Waals surface area contributed by atoms with E-state index >= 15 is 0 Å². The monoisotopic (exact) mass is 411 g/mol. The van der Waals surface area contributed by atoms with E-state index in [2.05, 4.69) is 33.9 Å². The summed E-state index contributed by atoms with van der Waals surface area (Å²) >= 11 is 0. The van der Waals surface area contributed by atoms with Crippen molar-refractivity contribution in [3.8, 4) is 0 Å². The normalized spacial score (nSPS) is 14.4. The molecular weight excluding hydrogens is 378 g/mol. The first-order valence-corrected chi connectivity index (χ1v) is 12.4. The van der Waals surface area contributed by atoms with Gasteiger partial charge in [-0.1, -0.05) is 32.9 Å². The van der Waals surface area contributed by atoms with E-state index in [9.17, 15) is 14.9 Å². The summed E-state index contributed by atoms with van der Waals surface area (Å²) in [4.78, 5) is 22.1.